The Bertz CT molecular complexity index is 1610. The molecule has 2 aromatic heterocycles. The van der Waals surface area contributed by atoms with E-state index in [1.807, 2.05) is 55.5 Å². The first-order valence-electron chi connectivity index (χ1n) is 15.1. The number of amides is 2. The number of ketones is 1. The van der Waals surface area contributed by atoms with Crippen molar-refractivity contribution in [3.8, 4) is 5.69 Å². The number of anilines is 2. The van der Waals surface area contributed by atoms with Crippen LogP contribution in [0.5, 0.6) is 0 Å². The molecule has 6 rings (SSSR count). The Kier molecular flexibility index (Phi) is 7.87. The molecule has 0 spiro atoms. The topological polar surface area (TPSA) is 118 Å². The molecule has 224 valence electrons. The monoisotopic (exact) mass is 581 g/mol. The van der Waals surface area contributed by atoms with Gasteiger partial charge in [-0.3, -0.25) is 15.0 Å². The minimum atomic E-state index is -0.318. The number of Topliss-reactive ketones (excluding diaryl/α,β-unsaturated/α-hetero) is 1. The number of piperidine rings is 1. The molecule has 1 atom stereocenters. The van der Waals surface area contributed by atoms with Gasteiger partial charge in [0.05, 0.1) is 17.4 Å². The number of nitrogens with zero attached hydrogens (tertiary/aromatic N) is 5. The maximum Gasteiger partial charge on any atom is 0.324 e. The van der Waals surface area contributed by atoms with E-state index >= 15 is 0 Å². The van der Waals surface area contributed by atoms with E-state index in [0.717, 1.165) is 67.8 Å². The standard InChI is InChI=1S/C33H39N7O3/c1-21-8-10-25(11-9-21)40-29(20-28(36-40)33(2,3)4)35-32(42)34-24-7-5-6-23(19-24)18-22-14-16-39(17-15-22)27-13-12-26-30(31(27)41)38-43-37-26/h5-11,19-20,22,27H,12-18H2,1-4H3,(H2,34,35,42). The minimum absolute atomic E-state index is 0.0366. The zero-order valence-corrected chi connectivity index (χ0v) is 25.3. The van der Waals surface area contributed by atoms with Crippen molar-refractivity contribution in [2.75, 3.05) is 23.7 Å². The van der Waals surface area contributed by atoms with Crippen molar-refractivity contribution in [2.45, 2.75) is 71.3 Å². The van der Waals surface area contributed by atoms with Crippen molar-refractivity contribution < 1.29 is 14.2 Å². The molecule has 10 nitrogen and oxygen atoms in total. The summed E-state index contributed by atoms with van der Waals surface area (Å²) in [5.74, 6) is 1.17. The van der Waals surface area contributed by atoms with Crippen LogP contribution in [-0.2, 0) is 18.3 Å². The van der Waals surface area contributed by atoms with E-state index in [-0.39, 0.29) is 23.3 Å². The van der Waals surface area contributed by atoms with Gasteiger partial charge in [0, 0.05) is 17.2 Å². The fraction of sp³-hybridized carbons (Fsp3) is 0.424. The molecular formula is C33H39N7O3. The van der Waals surface area contributed by atoms with E-state index < -0.39 is 0 Å². The summed E-state index contributed by atoms with van der Waals surface area (Å²) >= 11 is 0. The Morgan fingerprint density at radius 2 is 1.77 bits per heavy atom. The van der Waals surface area contributed by atoms with Gasteiger partial charge in [-0.1, -0.05) is 55.8 Å². The van der Waals surface area contributed by atoms with Crippen LogP contribution in [0.25, 0.3) is 5.69 Å². The zero-order valence-electron chi connectivity index (χ0n) is 25.3. The maximum absolute atomic E-state index is 13.1. The van der Waals surface area contributed by atoms with E-state index in [4.69, 9.17) is 9.73 Å². The molecule has 0 radical (unpaired) electrons. The highest BCUT2D eigenvalue weighted by Gasteiger charge is 2.37. The lowest BCUT2D eigenvalue weighted by Gasteiger charge is -2.37. The van der Waals surface area contributed by atoms with E-state index in [0.29, 0.717) is 23.1 Å². The Labute approximate surface area is 251 Å². The SMILES string of the molecule is Cc1ccc(-n2nc(C(C)(C)C)cc2NC(=O)Nc2cccc(CC3CCN(C4CCc5nonc5C4=O)CC3)c2)cc1. The third-order valence-electron chi connectivity index (χ3n) is 8.54. The summed E-state index contributed by atoms with van der Waals surface area (Å²) in [7, 11) is 0. The van der Waals surface area contributed by atoms with E-state index in [1.54, 1.807) is 4.68 Å². The molecule has 0 bridgehead atoms. The van der Waals surface area contributed by atoms with Crippen molar-refractivity contribution in [3.05, 3.63) is 82.8 Å². The van der Waals surface area contributed by atoms with Crippen molar-refractivity contribution >= 4 is 23.3 Å². The number of likely N-dealkylation sites (tertiary alicyclic amines) is 1. The average Bonchev–Trinajstić information content (AvgIpc) is 3.63. The second-order valence-electron chi connectivity index (χ2n) is 12.9. The van der Waals surface area contributed by atoms with E-state index in [9.17, 15) is 9.59 Å². The van der Waals surface area contributed by atoms with Crippen LogP contribution in [0.2, 0.25) is 0 Å². The highest BCUT2D eigenvalue weighted by atomic mass is 16.6. The summed E-state index contributed by atoms with van der Waals surface area (Å²) in [5, 5.41) is 18.5. The number of carbonyl (C=O) groups excluding carboxylic acids is 2. The van der Waals surface area contributed by atoms with Gasteiger partial charge >= 0.3 is 6.03 Å². The number of nitrogens with one attached hydrogen (secondary N) is 2. The summed E-state index contributed by atoms with van der Waals surface area (Å²) in [5.41, 5.74) is 5.79. The van der Waals surface area contributed by atoms with Crippen molar-refractivity contribution in [1.82, 2.24) is 25.0 Å². The minimum Gasteiger partial charge on any atom is -0.308 e. The highest BCUT2D eigenvalue weighted by molar-refractivity contribution is 6.00. The molecule has 1 aliphatic heterocycles. The van der Waals surface area contributed by atoms with Gasteiger partial charge in [0.15, 0.2) is 5.69 Å². The summed E-state index contributed by atoms with van der Waals surface area (Å²) in [6, 6.07) is 17.6. The Morgan fingerprint density at radius 3 is 2.51 bits per heavy atom. The number of hydrogen-bond acceptors (Lipinski definition) is 7. The summed E-state index contributed by atoms with van der Waals surface area (Å²) in [4.78, 5) is 28.3. The van der Waals surface area contributed by atoms with Crippen LogP contribution in [0.3, 0.4) is 0 Å². The van der Waals surface area contributed by atoms with Gasteiger partial charge in [0.25, 0.3) is 0 Å². The lowest BCUT2D eigenvalue weighted by molar-refractivity contribution is 0.0700. The third-order valence-corrected chi connectivity index (χ3v) is 8.54. The lowest BCUT2D eigenvalue weighted by atomic mass is 9.87. The second kappa shape index (κ2) is 11.8. The van der Waals surface area contributed by atoms with Gasteiger partial charge < -0.3 is 5.32 Å². The van der Waals surface area contributed by atoms with Gasteiger partial charge in [-0.15, -0.1) is 0 Å². The number of fused-ring (bicyclic) bond motifs is 1. The Balaban J connectivity index is 1.06. The van der Waals surface area contributed by atoms with Crippen LogP contribution in [0.15, 0.2) is 59.2 Å². The van der Waals surface area contributed by atoms with Gasteiger partial charge in [-0.2, -0.15) is 5.10 Å². The predicted molar refractivity (Wildman–Crippen MR) is 165 cm³/mol. The number of carbonyl (C=O) groups is 2. The Morgan fingerprint density at radius 1 is 1.00 bits per heavy atom. The molecule has 1 fully saturated rings. The molecule has 1 aliphatic carbocycles. The maximum atomic E-state index is 13.1. The number of aryl methyl sites for hydroxylation is 2. The van der Waals surface area contributed by atoms with Crippen LogP contribution in [0.1, 0.15) is 73.0 Å². The normalized spacial score (nSPS) is 18.0. The van der Waals surface area contributed by atoms with Crippen LogP contribution >= 0.6 is 0 Å². The van der Waals surface area contributed by atoms with Crippen LogP contribution in [0, 0.1) is 12.8 Å². The molecule has 43 heavy (non-hydrogen) atoms. The largest absolute Gasteiger partial charge is 0.324 e. The van der Waals surface area contributed by atoms with Crippen molar-refractivity contribution in [2.24, 2.45) is 5.92 Å². The molecule has 10 heteroatoms. The molecule has 0 saturated carbocycles. The van der Waals surface area contributed by atoms with Crippen molar-refractivity contribution in [3.63, 3.8) is 0 Å². The first kappa shape index (κ1) is 28.8. The zero-order chi connectivity index (χ0) is 30.1. The highest BCUT2D eigenvalue weighted by Crippen LogP contribution is 2.29. The first-order chi connectivity index (χ1) is 20.6. The molecular weight excluding hydrogens is 542 g/mol. The predicted octanol–water partition coefficient (Wildman–Crippen LogP) is 5.96. The Hall–Kier alpha value is -4.31. The van der Waals surface area contributed by atoms with Gasteiger partial charge in [-0.05, 0) is 93.0 Å². The summed E-state index contributed by atoms with van der Waals surface area (Å²) < 4.78 is 6.57. The average molecular weight is 582 g/mol. The van der Waals surface area contributed by atoms with E-state index in [2.05, 4.69) is 52.7 Å². The number of hydrogen-bond donors (Lipinski definition) is 2. The number of urea groups is 1. The van der Waals surface area contributed by atoms with Crippen LogP contribution < -0.4 is 10.6 Å². The lowest BCUT2D eigenvalue weighted by Crippen LogP contribution is -2.47. The molecule has 3 heterocycles. The fourth-order valence-corrected chi connectivity index (χ4v) is 6.04. The number of benzene rings is 2. The van der Waals surface area contributed by atoms with E-state index in [1.165, 1.54) is 5.56 Å². The number of rotatable bonds is 6. The smallest absolute Gasteiger partial charge is 0.308 e. The molecule has 2 aromatic carbocycles. The first-order valence-corrected chi connectivity index (χ1v) is 15.1. The van der Waals surface area contributed by atoms with Gasteiger partial charge in [0.1, 0.15) is 11.5 Å². The molecule has 1 unspecified atom stereocenters. The van der Waals surface area contributed by atoms with Gasteiger partial charge in [0.2, 0.25) is 5.78 Å². The van der Waals surface area contributed by atoms with Gasteiger partial charge in [-0.25, -0.2) is 14.1 Å². The summed E-state index contributed by atoms with van der Waals surface area (Å²) in [6.45, 7) is 10.1. The molecule has 2 aliphatic rings. The van der Waals surface area contributed by atoms with Crippen molar-refractivity contribution in [1.29, 1.82) is 0 Å². The molecule has 2 amide bonds. The quantitative estimate of drug-likeness (QED) is 0.289. The number of aromatic nitrogens is 4. The summed E-state index contributed by atoms with van der Waals surface area (Å²) in [6.07, 6.45) is 4.46. The molecule has 4 aromatic rings. The molecule has 1 saturated heterocycles. The second-order valence-corrected chi connectivity index (χ2v) is 12.9. The third kappa shape index (κ3) is 6.39. The molecule has 2 N–H and O–H groups in total. The fourth-order valence-electron chi connectivity index (χ4n) is 6.04. The van der Waals surface area contributed by atoms with Crippen LogP contribution in [-0.4, -0.2) is 55.9 Å². The van der Waals surface area contributed by atoms with Crippen LogP contribution in [0.4, 0.5) is 16.3 Å².